The van der Waals surface area contributed by atoms with Gasteiger partial charge in [-0.1, -0.05) is 60.1 Å². The van der Waals surface area contributed by atoms with Gasteiger partial charge in [0, 0.05) is 11.6 Å². The van der Waals surface area contributed by atoms with Gasteiger partial charge in [0.1, 0.15) is 23.8 Å². The second-order valence-corrected chi connectivity index (χ2v) is 8.21. The van der Waals surface area contributed by atoms with Crippen LogP contribution in [0, 0.1) is 5.82 Å². The van der Waals surface area contributed by atoms with Crippen molar-refractivity contribution < 1.29 is 26.7 Å². The second-order valence-electron chi connectivity index (χ2n) is 7.81. The van der Waals surface area contributed by atoms with Gasteiger partial charge in [0.15, 0.2) is 0 Å². The molecule has 0 unspecified atom stereocenters. The molecule has 1 heterocycles. The van der Waals surface area contributed by atoms with Crippen LogP contribution in [0.2, 0.25) is 5.02 Å². The summed E-state index contributed by atoms with van der Waals surface area (Å²) in [6.45, 7) is -0.262. The van der Waals surface area contributed by atoms with E-state index in [2.05, 4.69) is 0 Å². The Balaban J connectivity index is 1.65. The fourth-order valence-corrected chi connectivity index (χ4v) is 4.19. The lowest BCUT2D eigenvalue weighted by atomic mass is 9.96. The fourth-order valence-electron chi connectivity index (χ4n) is 3.98. The molecule has 0 radical (unpaired) electrons. The van der Waals surface area contributed by atoms with Crippen LogP contribution in [0.4, 0.5) is 17.6 Å². The standard InChI is InChI=1S/C27H15ClF4O3/c28-21-9-4-10-22(29)20(21)14-34-16-11-12-19-23(13-16)35-26(27(30,31)32)24(25(19)33)18-8-3-6-15-5-1-2-7-17(15)18/h1-13H,14H2. The van der Waals surface area contributed by atoms with E-state index in [1.807, 2.05) is 0 Å². The van der Waals surface area contributed by atoms with Crippen LogP contribution < -0.4 is 10.2 Å². The lowest BCUT2D eigenvalue weighted by molar-refractivity contribution is -0.152. The van der Waals surface area contributed by atoms with E-state index in [1.165, 1.54) is 42.5 Å². The van der Waals surface area contributed by atoms with Gasteiger partial charge in [0.2, 0.25) is 11.2 Å². The number of halogens is 5. The van der Waals surface area contributed by atoms with Crippen LogP contribution >= 0.6 is 11.6 Å². The molecule has 0 bridgehead atoms. The number of fused-ring (bicyclic) bond motifs is 2. The van der Waals surface area contributed by atoms with E-state index < -0.39 is 28.7 Å². The molecule has 8 heteroatoms. The third kappa shape index (κ3) is 4.23. The molecule has 0 aliphatic heterocycles. The molecule has 0 atom stereocenters. The first-order chi connectivity index (χ1) is 16.7. The summed E-state index contributed by atoms with van der Waals surface area (Å²) in [5.74, 6) is -1.89. The van der Waals surface area contributed by atoms with E-state index in [0.29, 0.717) is 10.8 Å². The highest BCUT2D eigenvalue weighted by Crippen LogP contribution is 2.40. The number of hydrogen-bond acceptors (Lipinski definition) is 3. The van der Waals surface area contributed by atoms with Crippen LogP contribution in [0.1, 0.15) is 11.3 Å². The molecule has 0 fully saturated rings. The van der Waals surface area contributed by atoms with Gasteiger partial charge in [0.05, 0.1) is 16.0 Å². The van der Waals surface area contributed by atoms with E-state index >= 15 is 0 Å². The monoisotopic (exact) mass is 498 g/mol. The summed E-state index contributed by atoms with van der Waals surface area (Å²) in [5, 5.41) is 1.29. The minimum Gasteiger partial charge on any atom is -0.489 e. The third-order valence-corrected chi connectivity index (χ3v) is 5.98. The maximum atomic E-state index is 14.1. The lowest BCUT2D eigenvalue weighted by Gasteiger charge is -2.15. The topological polar surface area (TPSA) is 39.4 Å². The highest BCUT2D eigenvalue weighted by atomic mass is 35.5. The van der Waals surface area contributed by atoms with Gasteiger partial charge >= 0.3 is 6.18 Å². The second kappa shape index (κ2) is 8.74. The summed E-state index contributed by atoms with van der Waals surface area (Å²) in [6, 6.07) is 19.7. The summed E-state index contributed by atoms with van der Waals surface area (Å²) in [7, 11) is 0. The van der Waals surface area contributed by atoms with E-state index in [9.17, 15) is 22.4 Å². The SMILES string of the molecule is O=c1c(-c2cccc3ccccc23)c(C(F)(F)F)oc2cc(OCc3c(F)cccc3Cl)ccc12. The summed E-state index contributed by atoms with van der Waals surface area (Å²) >= 11 is 5.99. The summed E-state index contributed by atoms with van der Waals surface area (Å²) in [5.41, 5.74) is -1.46. The minimum atomic E-state index is -4.93. The van der Waals surface area contributed by atoms with Crippen molar-refractivity contribution in [2.24, 2.45) is 0 Å². The van der Waals surface area contributed by atoms with Crippen LogP contribution in [-0.2, 0) is 12.8 Å². The molecule has 3 nitrogen and oxygen atoms in total. The molecular formula is C27H15ClF4O3. The van der Waals surface area contributed by atoms with Crippen molar-refractivity contribution in [3.63, 3.8) is 0 Å². The molecule has 4 aromatic carbocycles. The predicted molar refractivity (Wildman–Crippen MR) is 126 cm³/mol. The van der Waals surface area contributed by atoms with E-state index in [4.69, 9.17) is 20.8 Å². The predicted octanol–water partition coefficient (Wildman–Crippen LogP) is 8.00. The average molecular weight is 499 g/mol. The average Bonchev–Trinajstić information content (AvgIpc) is 2.83. The van der Waals surface area contributed by atoms with Gasteiger partial charge < -0.3 is 9.15 Å². The largest absolute Gasteiger partial charge is 0.489 e. The van der Waals surface area contributed by atoms with Crippen molar-refractivity contribution in [1.82, 2.24) is 0 Å². The van der Waals surface area contributed by atoms with E-state index in [0.717, 1.165) is 0 Å². The minimum absolute atomic E-state index is 0.0443. The van der Waals surface area contributed by atoms with Crippen molar-refractivity contribution in [3.8, 4) is 16.9 Å². The molecular weight excluding hydrogens is 484 g/mol. The Morgan fingerprint density at radius 1 is 0.886 bits per heavy atom. The first kappa shape index (κ1) is 22.9. The zero-order valence-corrected chi connectivity index (χ0v) is 18.6. The maximum Gasteiger partial charge on any atom is 0.450 e. The van der Waals surface area contributed by atoms with Gasteiger partial charge in [-0.25, -0.2) is 4.39 Å². The maximum absolute atomic E-state index is 14.1. The van der Waals surface area contributed by atoms with Gasteiger partial charge in [0.25, 0.3) is 0 Å². The van der Waals surface area contributed by atoms with Crippen LogP contribution in [0.5, 0.6) is 5.75 Å². The zero-order chi connectivity index (χ0) is 24.7. The van der Waals surface area contributed by atoms with Crippen molar-refractivity contribution in [2.45, 2.75) is 12.8 Å². The molecule has 5 rings (SSSR count). The summed E-state index contributed by atoms with van der Waals surface area (Å²) in [4.78, 5) is 13.4. The Hall–Kier alpha value is -3.84. The highest BCUT2D eigenvalue weighted by Gasteiger charge is 2.39. The van der Waals surface area contributed by atoms with E-state index in [-0.39, 0.29) is 39.5 Å². The molecule has 0 saturated carbocycles. The molecule has 0 amide bonds. The summed E-state index contributed by atoms with van der Waals surface area (Å²) < 4.78 is 67.1. The Bertz CT molecular complexity index is 1610. The first-order valence-electron chi connectivity index (χ1n) is 10.5. The molecule has 0 aliphatic carbocycles. The van der Waals surface area contributed by atoms with E-state index in [1.54, 1.807) is 36.4 Å². The number of hydrogen-bond donors (Lipinski definition) is 0. The molecule has 5 aromatic rings. The van der Waals surface area contributed by atoms with Crippen LogP contribution in [0.25, 0.3) is 32.9 Å². The Labute approximate surface area is 201 Å². The molecule has 0 N–H and O–H groups in total. The highest BCUT2D eigenvalue weighted by molar-refractivity contribution is 6.31. The van der Waals surface area contributed by atoms with Crippen LogP contribution in [0.3, 0.4) is 0 Å². The van der Waals surface area contributed by atoms with Crippen molar-refractivity contribution in [2.75, 3.05) is 0 Å². The number of ether oxygens (including phenoxy) is 1. The molecule has 0 aliphatic rings. The smallest absolute Gasteiger partial charge is 0.450 e. The lowest BCUT2D eigenvalue weighted by Crippen LogP contribution is -2.16. The Kier molecular flexibility index (Phi) is 5.73. The van der Waals surface area contributed by atoms with Crippen molar-refractivity contribution in [3.05, 3.63) is 111 Å². The number of rotatable bonds is 4. The van der Waals surface area contributed by atoms with Gasteiger partial charge in [-0.2, -0.15) is 13.2 Å². The van der Waals surface area contributed by atoms with Gasteiger partial charge in [-0.05, 0) is 40.6 Å². The fraction of sp³-hybridized carbons (Fsp3) is 0.0741. The Morgan fingerprint density at radius 3 is 2.40 bits per heavy atom. The normalized spacial score (nSPS) is 11.8. The quantitative estimate of drug-likeness (QED) is 0.236. The van der Waals surface area contributed by atoms with Crippen molar-refractivity contribution >= 4 is 33.3 Å². The first-order valence-corrected chi connectivity index (χ1v) is 10.8. The number of alkyl halides is 3. The zero-order valence-electron chi connectivity index (χ0n) is 17.8. The molecule has 1 aromatic heterocycles. The molecule has 176 valence electrons. The van der Waals surface area contributed by atoms with Gasteiger partial charge in [-0.15, -0.1) is 0 Å². The van der Waals surface area contributed by atoms with Gasteiger partial charge in [-0.3, -0.25) is 4.79 Å². The Morgan fingerprint density at radius 2 is 1.63 bits per heavy atom. The molecule has 0 spiro atoms. The molecule has 0 saturated heterocycles. The summed E-state index contributed by atoms with van der Waals surface area (Å²) in [6.07, 6.45) is -4.93. The van der Waals surface area contributed by atoms with Crippen LogP contribution in [0.15, 0.2) is 88.1 Å². The van der Waals surface area contributed by atoms with Crippen LogP contribution in [-0.4, -0.2) is 0 Å². The number of benzene rings is 4. The third-order valence-electron chi connectivity index (χ3n) is 5.63. The van der Waals surface area contributed by atoms with Crippen molar-refractivity contribution in [1.29, 1.82) is 0 Å². The molecule has 35 heavy (non-hydrogen) atoms.